The van der Waals surface area contributed by atoms with E-state index < -0.39 is 18.2 Å². The Hall–Kier alpha value is -2.04. The van der Waals surface area contributed by atoms with E-state index in [4.69, 9.17) is 9.47 Å². The molecule has 1 amide bonds. The zero-order valence-electron chi connectivity index (χ0n) is 8.73. The van der Waals surface area contributed by atoms with Crippen molar-refractivity contribution in [2.24, 2.45) is 0 Å². The van der Waals surface area contributed by atoms with Gasteiger partial charge in [0.15, 0.2) is 0 Å². The van der Waals surface area contributed by atoms with Gasteiger partial charge in [0.2, 0.25) is 0 Å². The van der Waals surface area contributed by atoms with Crippen molar-refractivity contribution in [3.63, 3.8) is 0 Å². The molecule has 0 aromatic heterocycles. The molecule has 1 atom stereocenters. The Morgan fingerprint density at radius 2 is 2.25 bits per heavy atom. The summed E-state index contributed by atoms with van der Waals surface area (Å²) in [6.07, 6.45) is -0.989. The lowest BCUT2D eigenvalue weighted by atomic mass is 10.2. The molecule has 0 aliphatic carbocycles. The number of hydrogen-bond acceptors (Lipinski definition) is 4. The Labute approximate surface area is 92.4 Å². The number of ether oxygens (including phenoxy) is 2. The van der Waals surface area contributed by atoms with Crippen LogP contribution in [0.5, 0.6) is 5.75 Å². The fraction of sp³-hybridized carbons (Fsp3) is 0.273. The number of fused-ring (bicyclic) bond motifs is 1. The highest BCUT2D eigenvalue weighted by molar-refractivity contribution is 5.97. The quantitative estimate of drug-likeness (QED) is 0.764. The second-order valence-electron chi connectivity index (χ2n) is 3.28. The topological polar surface area (TPSA) is 64.6 Å². The third-order valence-electron chi connectivity index (χ3n) is 2.12. The molecule has 2 rings (SSSR count). The molecule has 16 heavy (non-hydrogen) atoms. The van der Waals surface area contributed by atoms with Gasteiger partial charge in [0.25, 0.3) is 0 Å². The minimum atomic E-state index is -1.19. The summed E-state index contributed by atoms with van der Waals surface area (Å²) in [6, 6.07) is 6.96. The van der Waals surface area contributed by atoms with Crippen LogP contribution in [0.1, 0.15) is 13.3 Å². The molecular formula is C11H11NO4. The molecule has 1 aliphatic heterocycles. The minimum absolute atomic E-state index is 0.203. The summed E-state index contributed by atoms with van der Waals surface area (Å²) < 4.78 is 10.1. The number of para-hydroxylation sites is 2. The van der Waals surface area contributed by atoms with Crippen LogP contribution in [0.2, 0.25) is 0 Å². The molecule has 0 bridgehead atoms. The second-order valence-corrected chi connectivity index (χ2v) is 3.28. The summed E-state index contributed by atoms with van der Waals surface area (Å²) >= 11 is 0. The highest BCUT2D eigenvalue weighted by Gasteiger charge is 2.30. The molecule has 1 unspecified atom stereocenters. The number of hydrogen-bond donors (Lipinski definition) is 1. The van der Waals surface area contributed by atoms with Crippen LogP contribution in [0.3, 0.4) is 0 Å². The van der Waals surface area contributed by atoms with Crippen LogP contribution in [-0.2, 0) is 14.3 Å². The van der Waals surface area contributed by atoms with E-state index in [1.807, 2.05) is 0 Å². The van der Waals surface area contributed by atoms with Gasteiger partial charge < -0.3 is 14.8 Å². The highest BCUT2D eigenvalue weighted by atomic mass is 16.7. The van der Waals surface area contributed by atoms with Crippen LogP contribution in [0.15, 0.2) is 24.3 Å². The number of rotatable bonds is 2. The smallest absolute Gasteiger partial charge is 0.324 e. The van der Waals surface area contributed by atoms with Gasteiger partial charge in [-0.3, -0.25) is 9.59 Å². The van der Waals surface area contributed by atoms with Crippen LogP contribution < -0.4 is 10.1 Å². The number of anilines is 1. The van der Waals surface area contributed by atoms with Crippen LogP contribution in [-0.4, -0.2) is 18.2 Å². The number of amides is 1. The Morgan fingerprint density at radius 1 is 1.50 bits per heavy atom. The highest BCUT2D eigenvalue weighted by Crippen LogP contribution is 2.28. The van der Waals surface area contributed by atoms with E-state index in [-0.39, 0.29) is 6.42 Å². The first-order valence-corrected chi connectivity index (χ1v) is 4.96. The van der Waals surface area contributed by atoms with E-state index in [2.05, 4.69) is 5.32 Å². The van der Waals surface area contributed by atoms with Gasteiger partial charge in [-0.1, -0.05) is 19.1 Å². The van der Waals surface area contributed by atoms with Crippen molar-refractivity contribution in [2.45, 2.75) is 19.6 Å². The van der Waals surface area contributed by atoms with E-state index in [9.17, 15) is 9.59 Å². The molecule has 0 saturated heterocycles. The van der Waals surface area contributed by atoms with Gasteiger partial charge >= 0.3 is 18.2 Å². The second kappa shape index (κ2) is 4.22. The molecule has 1 aromatic rings. The first kappa shape index (κ1) is 10.5. The maximum Gasteiger partial charge on any atom is 0.324 e. The molecular weight excluding hydrogens is 210 g/mol. The van der Waals surface area contributed by atoms with E-state index in [0.717, 1.165) is 0 Å². The molecule has 1 N–H and O–H groups in total. The molecule has 0 radical (unpaired) electrons. The number of esters is 1. The average molecular weight is 221 g/mol. The first-order valence-electron chi connectivity index (χ1n) is 4.96. The summed E-state index contributed by atoms with van der Waals surface area (Å²) in [6.45, 7) is 1.65. The predicted octanol–water partition coefficient (Wildman–Crippen LogP) is 1.30. The normalized spacial score (nSPS) is 18.1. The largest absolute Gasteiger partial charge is 0.444 e. The number of benzene rings is 1. The number of nitrogens with one attached hydrogen (secondary N) is 1. The van der Waals surface area contributed by atoms with Crippen LogP contribution in [0, 0.1) is 0 Å². The van der Waals surface area contributed by atoms with Crippen molar-refractivity contribution in [3.8, 4) is 5.75 Å². The maximum atomic E-state index is 11.5. The van der Waals surface area contributed by atoms with Gasteiger partial charge in [0.1, 0.15) is 5.75 Å². The first-order chi connectivity index (χ1) is 7.70. The van der Waals surface area contributed by atoms with Crippen LogP contribution >= 0.6 is 0 Å². The van der Waals surface area contributed by atoms with Crippen molar-refractivity contribution in [1.29, 1.82) is 0 Å². The summed E-state index contributed by atoms with van der Waals surface area (Å²) in [7, 11) is 0. The Balaban J connectivity index is 2.15. The monoisotopic (exact) mass is 221 g/mol. The zero-order chi connectivity index (χ0) is 11.5. The summed E-state index contributed by atoms with van der Waals surface area (Å²) in [4.78, 5) is 22.6. The summed E-state index contributed by atoms with van der Waals surface area (Å²) in [5.74, 6) is -0.448. The Morgan fingerprint density at radius 3 is 3.00 bits per heavy atom. The predicted molar refractivity (Wildman–Crippen MR) is 55.9 cm³/mol. The van der Waals surface area contributed by atoms with Crippen molar-refractivity contribution < 1.29 is 19.1 Å². The van der Waals surface area contributed by atoms with Crippen LogP contribution in [0.4, 0.5) is 5.69 Å². The van der Waals surface area contributed by atoms with Crippen LogP contribution in [0.25, 0.3) is 0 Å². The summed E-state index contributed by atoms with van der Waals surface area (Å²) in [5, 5.41) is 2.60. The molecule has 5 heteroatoms. The molecule has 1 aromatic carbocycles. The fourth-order valence-corrected chi connectivity index (χ4v) is 1.31. The van der Waals surface area contributed by atoms with E-state index in [1.165, 1.54) is 0 Å². The summed E-state index contributed by atoms with van der Waals surface area (Å²) in [5.41, 5.74) is 0.580. The lowest BCUT2D eigenvalue weighted by Gasteiger charge is -2.24. The van der Waals surface area contributed by atoms with Gasteiger partial charge in [-0.2, -0.15) is 0 Å². The Kier molecular flexibility index (Phi) is 2.76. The Bertz CT molecular complexity index is 430. The molecule has 0 spiro atoms. The van der Waals surface area contributed by atoms with Gasteiger partial charge in [0, 0.05) is 6.42 Å². The zero-order valence-corrected chi connectivity index (χ0v) is 8.73. The third kappa shape index (κ3) is 1.98. The third-order valence-corrected chi connectivity index (χ3v) is 2.12. The van der Waals surface area contributed by atoms with Crippen molar-refractivity contribution in [2.75, 3.05) is 5.32 Å². The average Bonchev–Trinajstić information content (AvgIpc) is 2.30. The van der Waals surface area contributed by atoms with Crippen molar-refractivity contribution >= 4 is 17.6 Å². The molecule has 5 nitrogen and oxygen atoms in total. The van der Waals surface area contributed by atoms with E-state index >= 15 is 0 Å². The van der Waals surface area contributed by atoms with Gasteiger partial charge in [-0.25, -0.2) is 0 Å². The maximum absolute atomic E-state index is 11.5. The molecule has 0 fully saturated rings. The van der Waals surface area contributed by atoms with Gasteiger partial charge in [-0.15, -0.1) is 0 Å². The fourth-order valence-electron chi connectivity index (χ4n) is 1.31. The minimum Gasteiger partial charge on any atom is -0.444 e. The lowest BCUT2D eigenvalue weighted by molar-refractivity contribution is -0.170. The molecule has 0 saturated carbocycles. The van der Waals surface area contributed by atoms with E-state index in [1.54, 1.807) is 31.2 Å². The standard InChI is InChI=1S/C11H11NO4/c1-2-9(13)16-11-10(14)12-7-5-3-4-6-8(7)15-11/h3-6,11H,2H2,1H3,(H,12,14). The van der Waals surface area contributed by atoms with Gasteiger partial charge in [-0.05, 0) is 12.1 Å². The van der Waals surface area contributed by atoms with Gasteiger partial charge in [0.05, 0.1) is 5.69 Å². The number of carbonyl (C=O) groups excluding carboxylic acids is 2. The van der Waals surface area contributed by atoms with E-state index in [0.29, 0.717) is 11.4 Å². The molecule has 84 valence electrons. The SMILES string of the molecule is CCC(=O)OC1Oc2ccccc2NC1=O. The lowest BCUT2D eigenvalue weighted by Crippen LogP contribution is -2.40. The van der Waals surface area contributed by atoms with Crippen molar-refractivity contribution in [3.05, 3.63) is 24.3 Å². The molecule has 1 aliphatic rings. The van der Waals surface area contributed by atoms with Crippen molar-refractivity contribution in [1.82, 2.24) is 0 Å². The molecule has 1 heterocycles. The number of carbonyl (C=O) groups is 2.